The summed E-state index contributed by atoms with van der Waals surface area (Å²) in [6, 6.07) is 7.15. The number of carbonyl (C=O) groups is 1. The molecule has 0 amide bonds. The van der Waals surface area contributed by atoms with Crippen LogP contribution < -0.4 is 0 Å². The standard InChI is InChI=1S/C22H36O3S/c1-3-5-7-8-9-10-18-25-21(24)22(26,16-6-4-2)17-15-19-11-13-20(23)14-12-19/h11-14,23,26H,3-10,15-18H2,1-2H3. The molecule has 3 nitrogen and oxygen atoms in total. The number of ether oxygens (including phenoxy) is 1. The van der Waals surface area contributed by atoms with Crippen molar-refractivity contribution in [3.8, 4) is 5.75 Å². The molecule has 0 fully saturated rings. The Morgan fingerprint density at radius 3 is 2.23 bits per heavy atom. The minimum Gasteiger partial charge on any atom is -0.508 e. The molecule has 0 aliphatic rings. The second-order valence-electron chi connectivity index (χ2n) is 7.21. The first-order chi connectivity index (χ1) is 12.5. The Morgan fingerprint density at radius 1 is 0.962 bits per heavy atom. The van der Waals surface area contributed by atoms with Gasteiger partial charge in [0.1, 0.15) is 10.5 Å². The van der Waals surface area contributed by atoms with E-state index in [2.05, 4.69) is 13.8 Å². The first kappa shape index (κ1) is 22.9. The van der Waals surface area contributed by atoms with Crippen molar-refractivity contribution in [3.63, 3.8) is 0 Å². The molecule has 1 N–H and O–H groups in total. The number of esters is 1. The van der Waals surface area contributed by atoms with Crippen LogP contribution in [-0.2, 0) is 16.0 Å². The molecule has 1 aromatic rings. The van der Waals surface area contributed by atoms with Gasteiger partial charge in [-0.2, -0.15) is 12.6 Å². The molecule has 0 heterocycles. The number of aromatic hydroxyl groups is 1. The summed E-state index contributed by atoms with van der Waals surface area (Å²) in [5.41, 5.74) is 1.10. The zero-order chi connectivity index (χ0) is 19.3. The van der Waals surface area contributed by atoms with Gasteiger partial charge in [0.15, 0.2) is 0 Å². The molecule has 148 valence electrons. The van der Waals surface area contributed by atoms with Gasteiger partial charge in [-0.3, -0.25) is 4.79 Å². The summed E-state index contributed by atoms with van der Waals surface area (Å²) >= 11 is 4.75. The van der Waals surface area contributed by atoms with Crippen molar-refractivity contribution in [1.82, 2.24) is 0 Å². The van der Waals surface area contributed by atoms with Crippen molar-refractivity contribution < 1.29 is 14.6 Å². The summed E-state index contributed by atoms with van der Waals surface area (Å²) in [5, 5.41) is 9.39. The van der Waals surface area contributed by atoms with Gasteiger partial charge in [0, 0.05) is 0 Å². The van der Waals surface area contributed by atoms with Crippen LogP contribution in [0.1, 0.15) is 83.6 Å². The van der Waals surface area contributed by atoms with Gasteiger partial charge in [0.2, 0.25) is 0 Å². The molecular formula is C22H36O3S. The summed E-state index contributed by atoms with van der Waals surface area (Å²) in [6.07, 6.45) is 11.2. The van der Waals surface area contributed by atoms with E-state index >= 15 is 0 Å². The topological polar surface area (TPSA) is 46.5 Å². The van der Waals surface area contributed by atoms with Crippen LogP contribution >= 0.6 is 12.6 Å². The Kier molecular flexibility index (Phi) is 11.5. The predicted molar refractivity (Wildman–Crippen MR) is 112 cm³/mol. The van der Waals surface area contributed by atoms with Crippen LogP contribution in [0.5, 0.6) is 5.75 Å². The van der Waals surface area contributed by atoms with E-state index in [4.69, 9.17) is 17.4 Å². The number of rotatable bonds is 14. The van der Waals surface area contributed by atoms with Gasteiger partial charge in [0.25, 0.3) is 0 Å². The molecule has 1 aromatic carbocycles. The Balaban J connectivity index is 2.45. The van der Waals surface area contributed by atoms with Crippen LogP contribution in [0.15, 0.2) is 24.3 Å². The molecule has 0 saturated heterocycles. The number of unbranched alkanes of at least 4 members (excludes halogenated alkanes) is 6. The van der Waals surface area contributed by atoms with Crippen LogP contribution in [0.25, 0.3) is 0 Å². The van der Waals surface area contributed by atoms with Crippen LogP contribution in [-0.4, -0.2) is 22.4 Å². The van der Waals surface area contributed by atoms with E-state index in [1.54, 1.807) is 12.1 Å². The van der Waals surface area contributed by atoms with Gasteiger partial charge in [-0.25, -0.2) is 0 Å². The Bertz CT molecular complexity index is 501. The van der Waals surface area contributed by atoms with E-state index in [1.165, 1.54) is 25.7 Å². The van der Waals surface area contributed by atoms with E-state index in [0.717, 1.165) is 44.1 Å². The van der Waals surface area contributed by atoms with Gasteiger partial charge in [-0.05, 0) is 43.4 Å². The minimum absolute atomic E-state index is 0.179. The number of phenolic OH excluding ortho intramolecular Hbond substituents is 1. The van der Waals surface area contributed by atoms with Crippen LogP contribution in [0.3, 0.4) is 0 Å². The highest BCUT2D eigenvalue weighted by Gasteiger charge is 2.35. The van der Waals surface area contributed by atoms with E-state index < -0.39 is 4.75 Å². The second kappa shape index (κ2) is 13.1. The number of thiol groups is 1. The highest BCUT2D eigenvalue weighted by molar-refractivity contribution is 7.82. The normalized spacial score (nSPS) is 13.3. The van der Waals surface area contributed by atoms with Gasteiger partial charge in [0.05, 0.1) is 6.61 Å². The molecule has 0 radical (unpaired) electrons. The number of benzene rings is 1. The zero-order valence-corrected chi connectivity index (χ0v) is 17.4. The first-order valence-electron chi connectivity index (χ1n) is 10.2. The third-order valence-corrected chi connectivity index (χ3v) is 5.45. The largest absolute Gasteiger partial charge is 0.508 e. The maximum atomic E-state index is 12.6. The molecule has 0 aliphatic carbocycles. The predicted octanol–water partition coefficient (Wildman–Crippen LogP) is 6.09. The van der Waals surface area contributed by atoms with Gasteiger partial charge in [-0.15, -0.1) is 0 Å². The number of hydrogen-bond acceptors (Lipinski definition) is 4. The fraction of sp³-hybridized carbons (Fsp3) is 0.682. The average molecular weight is 381 g/mol. The molecule has 4 heteroatoms. The lowest BCUT2D eigenvalue weighted by atomic mass is 9.93. The van der Waals surface area contributed by atoms with Crippen LogP contribution in [0, 0.1) is 0 Å². The SMILES string of the molecule is CCCCCCCCOC(=O)C(S)(CCCC)CCc1ccc(O)cc1. The third-order valence-electron chi connectivity index (χ3n) is 4.82. The molecule has 0 aliphatic heterocycles. The van der Waals surface area contributed by atoms with E-state index in [1.807, 2.05) is 12.1 Å². The smallest absolute Gasteiger partial charge is 0.321 e. The monoisotopic (exact) mass is 380 g/mol. The number of aryl methyl sites for hydroxylation is 1. The summed E-state index contributed by atoms with van der Waals surface area (Å²) in [4.78, 5) is 12.6. The lowest BCUT2D eigenvalue weighted by molar-refractivity contribution is -0.147. The number of hydrogen-bond donors (Lipinski definition) is 2. The molecule has 0 saturated carbocycles. The molecular weight excluding hydrogens is 344 g/mol. The van der Waals surface area contributed by atoms with Gasteiger partial charge < -0.3 is 9.84 Å². The van der Waals surface area contributed by atoms with Gasteiger partial charge in [-0.1, -0.05) is 70.9 Å². The number of phenols is 1. The fourth-order valence-electron chi connectivity index (χ4n) is 2.99. The van der Waals surface area contributed by atoms with Crippen molar-refractivity contribution >= 4 is 18.6 Å². The molecule has 1 unspecified atom stereocenters. The minimum atomic E-state index is -0.726. The van der Waals surface area contributed by atoms with Crippen molar-refractivity contribution in [2.45, 2.75) is 89.2 Å². The van der Waals surface area contributed by atoms with E-state index in [9.17, 15) is 9.90 Å². The van der Waals surface area contributed by atoms with Crippen molar-refractivity contribution in [2.75, 3.05) is 6.61 Å². The second-order valence-corrected chi connectivity index (χ2v) is 8.06. The molecule has 0 spiro atoms. The summed E-state index contributed by atoms with van der Waals surface area (Å²) in [6.45, 7) is 4.83. The van der Waals surface area contributed by atoms with Crippen LogP contribution in [0.2, 0.25) is 0 Å². The quantitative estimate of drug-likeness (QED) is 0.233. The first-order valence-corrected chi connectivity index (χ1v) is 10.6. The van der Waals surface area contributed by atoms with Gasteiger partial charge >= 0.3 is 5.97 Å². The number of carbonyl (C=O) groups excluding carboxylic acids is 1. The lowest BCUT2D eigenvalue weighted by Crippen LogP contribution is -2.35. The summed E-state index contributed by atoms with van der Waals surface area (Å²) < 4.78 is 4.84. The maximum absolute atomic E-state index is 12.6. The molecule has 1 atom stereocenters. The molecule has 0 aromatic heterocycles. The molecule has 26 heavy (non-hydrogen) atoms. The highest BCUT2D eigenvalue weighted by Crippen LogP contribution is 2.30. The summed E-state index contributed by atoms with van der Waals surface area (Å²) in [7, 11) is 0. The Labute approximate surface area is 164 Å². The zero-order valence-electron chi connectivity index (χ0n) is 16.5. The van der Waals surface area contributed by atoms with E-state index in [0.29, 0.717) is 13.0 Å². The van der Waals surface area contributed by atoms with E-state index in [-0.39, 0.29) is 11.7 Å². The maximum Gasteiger partial charge on any atom is 0.321 e. The Morgan fingerprint density at radius 2 is 1.58 bits per heavy atom. The summed E-state index contributed by atoms with van der Waals surface area (Å²) in [5.74, 6) is 0.0804. The highest BCUT2D eigenvalue weighted by atomic mass is 32.1. The van der Waals surface area contributed by atoms with Crippen molar-refractivity contribution in [3.05, 3.63) is 29.8 Å². The average Bonchev–Trinajstić information content (AvgIpc) is 2.65. The van der Waals surface area contributed by atoms with Crippen molar-refractivity contribution in [2.24, 2.45) is 0 Å². The lowest BCUT2D eigenvalue weighted by Gasteiger charge is -2.26. The fourth-order valence-corrected chi connectivity index (χ4v) is 3.33. The van der Waals surface area contributed by atoms with Crippen molar-refractivity contribution in [1.29, 1.82) is 0 Å². The van der Waals surface area contributed by atoms with Crippen LogP contribution in [0.4, 0.5) is 0 Å². The Hall–Kier alpha value is -1.16. The third kappa shape index (κ3) is 8.98. The molecule has 1 rings (SSSR count). The molecule has 0 bridgehead atoms.